The van der Waals surface area contributed by atoms with Gasteiger partial charge in [0, 0.05) is 11.8 Å². The molecule has 0 unspecified atom stereocenters. The summed E-state index contributed by atoms with van der Waals surface area (Å²) in [6, 6.07) is 0. The monoisotopic (exact) mass is 175 g/mol. The van der Waals surface area contributed by atoms with Crippen LogP contribution in [0.3, 0.4) is 0 Å². The summed E-state index contributed by atoms with van der Waals surface area (Å²) in [6.07, 6.45) is 6.70. The summed E-state index contributed by atoms with van der Waals surface area (Å²) in [5.41, 5.74) is 9.14. The molecular weight excluding hydrogens is 162 g/mol. The van der Waals surface area contributed by atoms with Gasteiger partial charge in [0.1, 0.15) is 6.33 Å². The van der Waals surface area contributed by atoms with Gasteiger partial charge in [-0.2, -0.15) is 0 Å². The molecule has 0 spiro atoms. The lowest BCUT2D eigenvalue weighted by Crippen LogP contribution is -2.03. The van der Waals surface area contributed by atoms with Crippen molar-refractivity contribution in [2.24, 2.45) is 0 Å². The summed E-state index contributed by atoms with van der Waals surface area (Å²) in [7, 11) is 0. The van der Waals surface area contributed by atoms with Gasteiger partial charge in [0.15, 0.2) is 0 Å². The first-order valence-corrected chi connectivity index (χ1v) is 4.96. The van der Waals surface area contributed by atoms with Crippen LogP contribution in [0.5, 0.6) is 0 Å². The van der Waals surface area contributed by atoms with E-state index in [1.54, 1.807) is 6.33 Å². The van der Waals surface area contributed by atoms with E-state index >= 15 is 0 Å². The molecule has 0 aromatic carbocycles. The van der Waals surface area contributed by atoms with Crippen LogP contribution in [0.15, 0.2) is 6.33 Å². The number of hydrogen-bond acceptors (Lipinski definition) is 3. The van der Waals surface area contributed by atoms with Crippen LogP contribution in [0.4, 0.5) is 5.69 Å². The predicted molar refractivity (Wildman–Crippen MR) is 50.4 cm³/mol. The van der Waals surface area contributed by atoms with Gasteiger partial charge in [0.05, 0.1) is 17.1 Å². The molecule has 1 aromatic rings. The van der Waals surface area contributed by atoms with Crippen molar-refractivity contribution in [1.29, 1.82) is 0 Å². The minimum absolute atomic E-state index is 0.639. The molecule has 2 fully saturated rings. The van der Waals surface area contributed by atoms with E-state index in [0.717, 1.165) is 17.1 Å². The lowest BCUT2D eigenvalue weighted by Gasteiger charge is -2.06. The van der Waals surface area contributed by atoms with E-state index < -0.39 is 0 Å². The van der Waals surface area contributed by atoms with Crippen LogP contribution in [0.25, 0.3) is 0 Å². The van der Waals surface area contributed by atoms with E-state index in [2.05, 4.69) is 9.97 Å². The van der Waals surface area contributed by atoms with Gasteiger partial charge in [-0.3, -0.25) is 0 Å². The summed E-state index contributed by atoms with van der Waals surface area (Å²) < 4.78 is 0. The van der Waals surface area contributed by atoms with E-state index in [-0.39, 0.29) is 0 Å². The van der Waals surface area contributed by atoms with Crippen LogP contribution in [-0.4, -0.2) is 9.97 Å². The van der Waals surface area contributed by atoms with E-state index in [1.165, 1.54) is 25.7 Å². The van der Waals surface area contributed by atoms with Crippen LogP contribution in [0, 0.1) is 0 Å². The Hall–Kier alpha value is -1.12. The van der Waals surface area contributed by atoms with Crippen LogP contribution in [0.1, 0.15) is 48.9 Å². The van der Waals surface area contributed by atoms with Gasteiger partial charge in [-0.05, 0) is 25.7 Å². The highest BCUT2D eigenvalue weighted by atomic mass is 14.9. The number of anilines is 1. The number of aromatic nitrogens is 2. The van der Waals surface area contributed by atoms with Crippen LogP contribution in [0.2, 0.25) is 0 Å². The first-order chi connectivity index (χ1) is 6.36. The van der Waals surface area contributed by atoms with Gasteiger partial charge in [-0.25, -0.2) is 9.97 Å². The third-order valence-corrected chi connectivity index (χ3v) is 2.87. The van der Waals surface area contributed by atoms with Crippen molar-refractivity contribution < 1.29 is 0 Å². The van der Waals surface area contributed by atoms with E-state index in [1.807, 2.05) is 0 Å². The molecule has 2 saturated carbocycles. The maximum atomic E-state index is 6.04. The molecule has 2 aliphatic carbocycles. The summed E-state index contributed by atoms with van der Waals surface area (Å²) in [6.45, 7) is 0. The van der Waals surface area contributed by atoms with Gasteiger partial charge < -0.3 is 5.73 Å². The highest BCUT2D eigenvalue weighted by Gasteiger charge is 2.32. The zero-order valence-corrected chi connectivity index (χ0v) is 7.53. The van der Waals surface area contributed by atoms with Crippen molar-refractivity contribution in [3.8, 4) is 0 Å². The van der Waals surface area contributed by atoms with Crippen molar-refractivity contribution in [2.45, 2.75) is 37.5 Å². The zero-order chi connectivity index (χ0) is 8.84. The predicted octanol–water partition coefficient (Wildman–Crippen LogP) is 1.81. The van der Waals surface area contributed by atoms with Gasteiger partial charge >= 0.3 is 0 Å². The lowest BCUT2D eigenvalue weighted by molar-refractivity contribution is 0.931. The number of rotatable bonds is 2. The minimum atomic E-state index is 0.639. The third-order valence-electron chi connectivity index (χ3n) is 2.87. The van der Waals surface area contributed by atoms with Crippen LogP contribution < -0.4 is 5.73 Å². The summed E-state index contributed by atoms with van der Waals surface area (Å²) in [5.74, 6) is 1.28. The standard InChI is InChI=1S/C10H13N3/c11-8-9(6-1-2-6)12-5-13-10(8)7-3-4-7/h5-7H,1-4,11H2. The molecule has 0 amide bonds. The average molecular weight is 175 g/mol. The maximum Gasteiger partial charge on any atom is 0.116 e. The second-order valence-corrected chi connectivity index (χ2v) is 4.11. The Balaban J connectivity index is 2.04. The van der Waals surface area contributed by atoms with Gasteiger partial charge in [0.25, 0.3) is 0 Å². The Labute approximate surface area is 77.4 Å². The van der Waals surface area contributed by atoms with Crippen molar-refractivity contribution in [2.75, 3.05) is 5.73 Å². The third kappa shape index (κ3) is 1.19. The fourth-order valence-electron chi connectivity index (χ4n) is 1.79. The highest BCUT2D eigenvalue weighted by Crippen LogP contribution is 2.46. The maximum absolute atomic E-state index is 6.04. The first kappa shape index (κ1) is 7.30. The molecular formula is C10H13N3. The molecule has 13 heavy (non-hydrogen) atoms. The largest absolute Gasteiger partial charge is 0.396 e. The minimum Gasteiger partial charge on any atom is -0.396 e. The summed E-state index contributed by atoms with van der Waals surface area (Å²) in [4.78, 5) is 8.55. The van der Waals surface area contributed by atoms with Crippen LogP contribution in [-0.2, 0) is 0 Å². The first-order valence-electron chi connectivity index (χ1n) is 4.96. The molecule has 68 valence electrons. The molecule has 2 aliphatic rings. The smallest absolute Gasteiger partial charge is 0.116 e. The van der Waals surface area contributed by atoms with Crippen molar-refractivity contribution >= 4 is 5.69 Å². The van der Waals surface area contributed by atoms with E-state index in [0.29, 0.717) is 11.8 Å². The molecule has 0 aliphatic heterocycles. The molecule has 0 atom stereocenters. The average Bonchev–Trinajstić information content (AvgIpc) is 3.00. The Morgan fingerprint density at radius 3 is 1.85 bits per heavy atom. The normalized spacial score (nSPS) is 21.8. The topological polar surface area (TPSA) is 51.8 Å². The second kappa shape index (κ2) is 2.44. The molecule has 0 bridgehead atoms. The van der Waals surface area contributed by atoms with Crippen molar-refractivity contribution in [1.82, 2.24) is 9.97 Å². The number of nitrogens with zero attached hydrogens (tertiary/aromatic N) is 2. The Morgan fingerprint density at radius 1 is 1.00 bits per heavy atom. The highest BCUT2D eigenvalue weighted by molar-refractivity contribution is 5.52. The Bertz CT molecular complexity index is 310. The fraction of sp³-hybridized carbons (Fsp3) is 0.600. The quantitative estimate of drug-likeness (QED) is 0.745. The van der Waals surface area contributed by atoms with E-state index in [4.69, 9.17) is 5.73 Å². The van der Waals surface area contributed by atoms with E-state index in [9.17, 15) is 0 Å². The number of nitrogens with two attached hydrogens (primary N) is 1. The van der Waals surface area contributed by atoms with Crippen molar-refractivity contribution in [3.63, 3.8) is 0 Å². The summed E-state index contributed by atoms with van der Waals surface area (Å²) >= 11 is 0. The number of hydrogen-bond donors (Lipinski definition) is 1. The molecule has 3 rings (SSSR count). The lowest BCUT2D eigenvalue weighted by atomic mass is 10.1. The van der Waals surface area contributed by atoms with Gasteiger partial charge in [0.2, 0.25) is 0 Å². The molecule has 1 aromatic heterocycles. The molecule has 0 saturated heterocycles. The molecule has 3 heteroatoms. The molecule has 0 radical (unpaired) electrons. The molecule has 2 N–H and O–H groups in total. The second-order valence-electron chi connectivity index (χ2n) is 4.11. The fourth-order valence-corrected chi connectivity index (χ4v) is 1.79. The Kier molecular flexibility index (Phi) is 1.37. The Morgan fingerprint density at radius 2 is 1.46 bits per heavy atom. The number of nitrogen functional groups attached to an aromatic ring is 1. The SMILES string of the molecule is Nc1c(C2CC2)ncnc1C1CC1. The summed E-state index contributed by atoms with van der Waals surface area (Å²) in [5, 5.41) is 0. The van der Waals surface area contributed by atoms with Crippen molar-refractivity contribution in [3.05, 3.63) is 17.7 Å². The zero-order valence-electron chi connectivity index (χ0n) is 7.53. The van der Waals surface area contributed by atoms with Gasteiger partial charge in [-0.1, -0.05) is 0 Å². The van der Waals surface area contributed by atoms with Crippen LogP contribution >= 0.6 is 0 Å². The molecule has 3 nitrogen and oxygen atoms in total. The van der Waals surface area contributed by atoms with Gasteiger partial charge in [-0.15, -0.1) is 0 Å². The molecule has 1 heterocycles.